The minimum atomic E-state index is -4.51. The van der Waals surface area contributed by atoms with Crippen molar-refractivity contribution in [2.45, 2.75) is 26.6 Å². The number of nitrogens with zero attached hydrogens (tertiary/aromatic N) is 3. The molecule has 1 N–H and O–H groups in total. The first-order chi connectivity index (χ1) is 15.3. The van der Waals surface area contributed by atoms with Crippen LogP contribution in [0.3, 0.4) is 0 Å². The van der Waals surface area contributed by atoms with Gasteiger partial charge in [0.05, 0.1) is 41.9 Å². The van der Waals surface area contributed by atoms with Gasteiger partial charge in [-0.3, -0.25) is 0 Å². The Balaban J connectivity index is 1.75. The van der Waals surface area contributed by atoms with Gasteiger partial charge >= 0.3 is 6.18 Å². The van der Waals surface area contributed by atoms with Gasteiger partial charge in [0.1, 0.15) is 5.75 Å². The molecule has 0 unspecified atom stereocenters. The van der Waals surface area contributed by atoms with Crippen LogP contribution in [0.1, 0.15) is 23.9 Å². The summed E-state index contributed by atoms with van der Waals surface area (Å²) >= 11 is 0. The van der Waals surface area contributed by atoms with E-state index in [1.54, 1.807) is 18.2 Å². The smallest absolute Gasteiger partial charge is 0.417 e. The molecule has 0 aliphatic rings. The fourth-order valence-corrected chi connectivity index (χ4v) is 3.34. The third-order valence-corrected chi connectivity index (χ3v) is 4.85. The second-order valence-electron chi connectivity index (χ2n) is 7.05. The largest absolute Gasteiger partial charge is 0.496 e. The van der Waals surface area contributed by atoms with Gasteiger partial charge in [-0.25, -0.2) is 9.97 Å². The number of hydrogen-bond donors (Lipinski definition) is 1. The van der Waals surface area contributed by atoms with E-state index in [1.165, 1.54) is 24.1 Å². The van der Waals surface area contributed by atoms with Gasteiger partial charge in [0, 0.05) is 30.8 Å². The second kappa shape index (κ2) is 8.54. The summed E-state index contributed by atoms with van der Waals surface area (Å²) in [5.74, 6) is 1.04. The number of hydrogen-bond acceptors (Lipinski definition) is 6. The highest BCUT2D eigenvalue weighted by molar-refractivity contribution is 5.78. The molecule has 0 bridgehead atoms. The molecule has 0 spiro atoms. The number of alkyl halides is 3. The second-order valence-corrected chi connectivity index (χ2v) is 7.05. The van der Waals surface area contributed by atoms with E-state index in [4.69, 9.17) is 13.9 Å². The van der Waals surface area contributed by atoms with E-state index in [1.807, 2.05) is 13.8 Å². The summed E-state index contributed by atoms with van der Waals surface area (Å²) in [5.41, 5.74) is 2.19. The minimum absolute atomic E-state index is 0.202. The Hall–Kier alpha value is -3.53. The average molecular weight is 446 g/mol. The van der Waals surface area contributed by atoms with Crippen LogP contribution in [0.15, 0.2) is 47.5 Å². The number of aromatic nitrogens is 3. The number of rotatable bonds is 7. The number of oxazole rings is 1. The summed E-state index contributed by atoms with van der Waals surface area (Å²) in [6.45, 7) is 4.32. The standard InChI is InChI=1S/C22H21F3N4O3/c1-4-31-11-16-10-29-9-14(22(23,24)25)7-18(21(29)28-16)27-15-5-6-17(19(8-15)30-3)20-13(2)26-12-32-20/h5-10,12,27H,4,11H2,1-3H3. The molecule has 3 aromatic heterocycles. The normalized spacial score (nSPS) is 11.8. The maximum atomic E-state index is 13.5. The van der Waals surface area contributed by atoms with Gasteiger partial charge in [-0.15, -0.1) is 0 Å². The molecule has 3 heterocycles. The molecule has 4 aromatic rings. The molecule has 0 fully saturated rings. The summed E-state index contributed by atoms with van der Waals surface area (Å²) in [6, 6.07) is 6.19. The lowest BCUT2D eigenvalue weighted by molar-refractivity contribution is -0.137. The van der Waals surface area contributed by atoms with Gasteiger partial charge in [-0.05, 0) is 32.0 Å². The quantitative estimate of drug-likeness (QED) is 0.398. The molecular weight excluding hydrogens is 425 g/mol. The van der Waals surface area contributed by atoms with Gasteiger partial charge in [-0.2, -0.15) is 13.2 Å². The van der Waals surface area contributed by atoms with Crippen molar-refractivity contribution < 1.29 is 27.1 Å². The number of methoxy groups -OCH3 is 1. The number of pyridine rings is 1. The van der Waals surface area contributed by atoms with E-state index in [0.29, 0.717) is 46.4 Å². The van der Waals surface area contributed by atoms with Crippen LogP contribution in [-0.2, 0) is 17.5 Å². The van der Waals surface area contributed by atoms with Crippen LogP contribution in [0.4, 0.5) is 24.5 Å². The van der Waals surface area contributed by atoms with E-state index >= 15 is 0 Å². The molecule has 7 nitrogen and oxygen atoms in total. The van der Waals surface area contributed by atoms with Crippen LogP contribution in [0.25, 0.3) is 17.0 Å². The number of ether oxygens (including phenoxy) is 2. The fourth-order valence-electron chi connectivity index (χ4n) is 3.34. The molecule has 4 rings (SSSR count). The lowest BCUT2D eigenvalue weighted by Crippen LogP contribution is -2.08. The Morgan fingerprint density at radius 3 is 2.66 bits per heavy atom. The number of nitrogens with one attached hydrogen (secondary N) is 1. The van der Waals surface area contributed by atoms with Crippen molar-refractivity contribution in [2.24, 2.45) is 0 Å². The fraction of sp³-hybridized carbons (Fsp3) is 0.273. The van der Waals surface area contributed by atoms with Gasteiger partial charge in [0.25, 0.3) is 0 Å². The molecule has 168 valence electrons. The van der Waals surface area contributed by atoms with Crippen molar-refractivity contribution in [2.75, 3.05) is 19.0 Å². The lowest BCUT2D eigenvalue weighted by atomic mass is 10.1. The molecule has 0 aliphatic carbocycles. The van der Waals surface area contributed by atoms with E-state index in [2.05, 4.69) is 15.3 Å². The van der Waals surface area contributed by atoms with E-state index in [0.717, 1.165) is 12.3 Å². The summed E-state index contributed by atoms with van der Waals surface area (Å²) in [4.78, 5) is 8.52. The Morgan fingerprint density at radius 1 is 1.19 bits per heavy atom. The van der Waals surface area contributed by atoms with Gasteiger partial charge in [0.2, 0.25) is 0 Å². The first kappa shape index (κ1) is 21.7. The Labute approximate surface area is 181 Å². The molecule has 0 radical (unpaired) electrons. The van der Waals surface area contributed by atoms with Gasteiger partial charge in [-0.1, -0.05) is 0 Å². The number of halogens is 3. The van der Waals surface area contributed by atoms with E-state index in [9.17, 15) is 13.2 Å². The zero-order valence-corrected chi connectivity index (χ0v) is 17.7. The third kappa shape index (κ3) is 4.26. The predicted molar refractivity (Wildman–Crippen MR) is 112 cm³/mol. The van der Waals surface area contributed by atoms with Crippen LogP contribution in [-0.4, -0.2) is 28.1 Å². The number of fused-ring (bicyclic) bond motifs is 1. The zero-order valence-electron chi connectivity index (χ0n) is 17.7. The van der Waals surface area contributed by atoms with Crippen molar-refractivity contribution in [3.8, 4) is 17.1 Å². The van der Waals surface area contributed by atoms with Gasteiger partial charge < -0.3 is 23.6 Å². The molecule has 0 aliphatic heterocycles. The monoisotopic (exact) mass is 446 g/mol. The number of benzene rings is 1. The molecule has 10 heteroatoms. The summed E-state index contributed by atoms with van der Waals surface area (Å²) < 4.78 is 58.1. The number of imidazole rings is 1. The zero-order chi connectivity index (χ0) is 22.9. The van der Waals surface area contributed by atoms with Crippen molar-refractivity contribution in [1.29, 1.82) is 0 Å². The van der Waals surface area contributed by atoms with Crippen molar-refractivity contribution in [3.05, 3.63) is 60.0 Å². The highest BCUT2D eigenvalue weighted by atomic mass is 19.4. The highest BCUT2D eigenvalue weighted by Crippen LogP contribution is 2.37. The van der Waals surface area contributed by atoms with Crippen molar-refractivity contribution in [1.82, 2.24) is 14.4 Å². The van der Waals surface area contributed by atoms with Crippen LogP contribution < -0.4 is 10.1 Å². The first-order valence-corrected chi connectivity index (χ1v) is 9.82. The maximum Gasteiger partial charge on any atom is 0.417 e. The third-order valence-electron chi connectivity index (χ3n) is 4.85. The van der Waals surface area contributed by atoms with Crippen LogP contribution in [0.5, 0.6) is 5.75 Å². The molecule has 0 atom stereocenters. The SMILES string of the molecule is CCOCc1cn2cc(C(F)(F)F)cc(Nc3ccc(-c4ocnc4C)c(OC)c3)c2n1. The summed E-state index contributed by atoms with van der Waals surface area (Å²) in [7, 11) is 1.51. The maximum absolute atomic E-state index is 13.5. The molecule has 0 amide bonds. The van der Waals surface area contributed by atoms with Crippen molar-refractivity contribution >= 4 is 17.0 Å². The Kier molecular flexibility index (Phi) is 5.79. The van der Waals surface area contributed by atoms with Gasteiger partial charge in [0.15, 0.2) is 17.8 Å². The molecule has 1 aromatic carbocycles. The molecule has 0 saturated carbocycles. The van der Waals surface area contributed by atoms with E-state index < -0.39 is 11.7 Å². The predicted octanol–water partition coefficient (Wildman–Crippen LogP) is 5.61. The Bertz CT molecular complexity index is 1250. The molecule has 0 saturated heterocycles. The lowest BCUT2D eigenvalue weighted by Gasteiger charge is -2.14. The van der Waals surface area contributed by atoms with Crippen LogP contribution >= 0.6 is 0 Å². The summed E-state index contributed by atoms with van der Waals surface area (Å²) in [5, 5.41) is 3.04. The molecule has 32 heavy (non-hydrogen) atoms. The van der Waals surface area contributed by atoms with Crippen LogP contribution in [0, 0.1) is 6.92 Å². The number of anilines is 2. The number of aryl methyl sites for hydroxylation is 1. The topological polar surface area (TPSA) is 73.8 Å². The first-order valence-electron chi connectivity index (χ1n) is 9.82. The Morgan fingerprint density at radius 2 is 2.00 bits per heavy atom. The average Bonchev–Trinajstić information content (AvgIpc) is 3.37. The summed E-state index contributed by atoms with van der Waals surface area (Å²) in [6.07, 6.45) is -0.630. The van der Waals surface area contributed by atoms with E-state index in [-0.39, 0.29) is 12.3 Å². The molecular formula is C22H21F3N4O3. The minimum Gasteiger partial charge on any atom is -0.496 e. The van der Waals surface area contributed by atoms with Crippen molar-refractivity contribution in [3.63, 3.8) is 0 Å². The van der Waals surface area contributed by atoms with Crippen LogP contribution in [0.2, 0.25) is 0 Å². The highest BCUT2D eigenvalue weighted by Gasteiger charge is 2.32.